The van der Waals surface area contributed by atoms with Crippen molar-refractivity contribution in [2.75, 3.05) is 5.32 Å². The summed E-state index contributed by atoms with van der Waals surface area (Å²) < 4.78 is 6.04. The van der Waals surface area contributed by atoms with Crippen LogP contribution in [0.4, 0.5) is 5.69 Å². The van der Waals surface area contributed by atoms with Gasteiger partial charge in [-0.2, -0.15) is 0 Å². The number of hydrogen-bond acceptors (Lipinski definition) is 2. The topological polar surface area (TPSA) is 21.3 Å². The second kappa shape index (κ2) is 6.47. The maximum Gasteiger partial charge on any atom is 0.120 e. The van der Waals surface area contributed by atoms with E-state index in [-0.39, 0.29) is 0 Å². The van der Waals surface area contributed by atoms with Crippen molar-refractivity contribution >= 4 is 5.69 Å². The highest BCUT2D eigenvalue weighted by atomic mass is 16.5. The van der Waals surface area contributed by atoms with Gasteiger partial charge in [0.15, 0.2) is 0 Å². The van der Waals surface area contributed by atoms with Crippen LogP contribution >= 0.6 is 0 Å². The van der Waals surface area contributed by atoms with Crippen LogP contribution in [-0.2, 0) is 6.54 Å². The maximum absolute atomic E-state index is 6.04. The molecule has 2 aromatic rings. The van der Waals surface area contributed by atoms with Gasteiger partial charge in [-0.15, -0.1) is 0 Å². The summed E-state index contributed by atoms with van der Waals surface area (Å²) in [6, 6.07) is 18.7. The maximum atomic E-state index is 6.04. The molecule has 2 heteroatoms. The lowest BCUT2D eigenvalue weighted by Gasteiger charge is -2.14. The first-order valence-electron chi connectivity index (χ1n) is 7.45. The molecule has 104 valence electrons. The average Bonchev–Trinajstić information content (AvgIpc) is 3.00. The molecule has 0 aromatic heterocycles. The summed E-state index contributed by atoms with van der Waals surface area (Å²) in [5, 5.41) is 3.43. The number of ether oxygens (including phenoxy) is 1. The first-order chi connectivity index (χ1) is 9.90. The van der Waals surface area contributed by atoms with Gasteiger partial charge in [0.1, 0.15) is 5.75 Å². The highest BCUT2D eigenvalue weighted by Gasteiger charge is 2.16. The van der Waals surface area contributed by atoms with Crippen LogP contribution in [0.5, 0.6) is 5.75 Å². The van der Waals surface area contributed by atoms with Crippen LogP contribution in [0.15, 0.2) is 54.6 Å². The molecule has 1 fully saturated rings. The molecule has 0 atom stereocenters. The molecule has 0 heterocycles. The minimum atomic E-state index is 0.423. The molecule has 1 N–H and O–H groups in total. The molecule has 0 radical (unpaired) electrons. The van der Waals surface area contributed by atoms with Gasteiger partial charge < -0.3 is 10.1 Å². The Labute approximate surface area is 120 Å². The summed E-state index contributed by atoms with van der Waals surface area (Å²) in [7, 11) is 0. The molecule has 0 amide bonds. The molecule has 0 spiro atoms. The Hall–Kier alpha value is -1.96. The Morgan fingerprint density at radius 1 is 0.950 bits per heavy atom. The summed E-state index contributed by atoms with van der Waals surface area (Å²) in [5.74, 6) is 1.00. The first-order valence-corrected chi connectivity index (χ1v) is 7.45. The van der Waals surface area contributed by atoms with Crippen molar-refractivity contribution in [3.63, 3.8) is 0 Å². The number of para-hydroxylation sites is 1. The van der Waals surface area contributed by atoms with E-state index in [2.05, 4.69) is 41.7 Å². The first kappa shape index (κ1) is 13.0. The number of benzene rings is 2. The van der Waals surface area contributed by atoms with E-state index in [4.69, 9.17) is 4.74 Å². The Morgan fingerprint density at radius 2 is 1.75 bits per heavy atom. The lowest BCUT2D eigenvalue weighted by Crippen LogP contribution is -2.11. The third-order valence-corrected chi connectivity index (χ3v) is 3.77. The van der Waals surface area contributed by atoms with E-state index in [0.29, 0.717) is 6.10 Å². The van der Waals surface area contributed by atoms with Gasteiger partial charge in [0, 0.05) is 12.2 Å². The lowest BCUT2D eigenvalue weighted by molar-refractivity contribution is 0.210. The number of nitrogens with one attached hydrogen (secondary N) is 1. The van der Waals surface area contributed by atoms with Crippen molar-refractivity contribution in [2.24, 2.45) is 0 Å². The number of hydrogen-bond donors (Lipinski definition) is 1. The van der Waals surface area contributed by atoms with Crippen molar-refractivity contribution in [1.82, 2.24) is 0 Å². The van der Waals surface area contributed by atoms with Crippen LogP contribution in [0.1, 0.15) is 31.2 Å². The summed E-state index contributed by atoms with van der Waals surface area (Å²) in [6.45, 7) is 0.825. The van der Waals surface area contributed by atoms with Gasteiger partial charge in [0.2, 0.25) is 0 Å². The van der Waals surface area contributed by atoms with Crippen LogP contribution in [0.3, 0.4) is 0 Å². The summed E-state index contributed by atoms with van der Waals surface area (Å²) in [6.07, 6.45) is 5.44. The molecular formula is C18H21NO. The molecule has 20 heavy (non-hydrogen) atoms. The van der Waals surface area contributed by atoms with Crippen LogP contribution in [0.25, 0.3) is 0 Å². The Kier molecular flexibility index (Phi) is 4.22. The van der Waals surface area contributed by atoms with Gasteiger partial charge in [0.25, 0.3) is 0 Å². The second-order valence-electron chi connectivity index (χ2n) is 5.39. The molecule has 1 saturated carbocycles. The largest absolute Gasteiger partial charge is 0.490 e. The normalized spacial score (nSPS) is 15.2. The standard InChI is InChI=1S/C18H21NO/c1-2-8-16(9-3-1)19-14-15-7-6-12-18(13-15)20-17-10-4-5-11-17/h1-3,6-9,12-13,17,19H,4-5,10-11,14H2. The summed E-state index contributed by atoms with van der Waals surface area (Å²) in [4.78, 5) is 0. The molecule has 2 nitrogen and oxygen atoms in total. The monoisotopic (exact) mass is 267 g/mol. The predicted molar refractivity (Wildman–Crippen MR) is 83.1 cm³/mol. The van der Waals surface area contributed by atoms with Crippen molar-refractivity contribution in [1.29, 1.82) is 0 Å². The molecule has 1 aliphatic carbocycles. The minimum absolute atomic E-state index is 0.423. The van der Waals surface area contributed by atoms with Crippen molar-refractivity contribution < 1.29 is 4.74 Å². The number of rotatable bonds is 5. The van der Waals surface area contributed by atoms with Gasteiger partial charge in [-0.1, -0.05) is 30.3 Å². The van der Waals surface area contributed by atoms with Gasteiger partial charge in [-0.05, 0) is 55.5 Å². The quantitative estimate of drug-likeness (QED) is 0.853. The summed E-state index contributed by atoms with van der Waals surface area (Å²) in [5.41, 5.74) is 2.40. The van der Waals surface area contributed by atoms with Crippen LogP contribution in [0, 0.1) is 0 Å². The lowest BCUT2D eigenvalue weighted by atomic mass is 10.2. The smallest absolute Gasteiger partial charge is 0.120 e. The fourth-order valence-corrected chi connectivity index (χ4v) is 2.69. The zero-order valence-corrected chi connectivity index (χ0v) is 11.7. The number of anilines is 1. The zero-order chi connectivity index (χ0) is 13.6. The highest BCUT2D eigenvalue weighted by Crippen LogP contribution is 2.24. The van der Waals surface area contributed by atoms with Gasteiger partial charge in [0.05, 0.1) is 6.10 Å². The second-order valence-corrected chi connectivity index (χ2v) is 5.39. The third kappa shape index (κ3) is 3.53. The molecule has 0 saturated heterocycles. The fourth-order valence-electron chi connectivity index (χ4n) is 2.69. The Bertz CT molecular complexity index is 532. The Balaban J connectivity index is 1.59. The van der Waals surface area contributed by atoms with Crippen molar-refractivity contribution in [3.8, 4) is 5.75 Å². The molecular weight excluding hydrogens is 246 g/mol. The van der Waals surface area contributed by atoms with E-state index < -0.39 is 0 Å². The SMILES string of the molecule is c1ccc(NCc2cccc(OC3CCCC3)c2)cc1. The average molecular weight is 267 g/mol. The Morgan fingerprint density at radius 3 is 2.55 bits per heavy atom. The molecule has 0 bridgehead atoms. The third-order valence-electron chi connectivity index (χ3n) is 3.77. The van der Waals surface area contributed by atoms with Crippen LogP contribution in [0.2, 0.25) is 0 Å². The minimum Gasteiger partial charge on any atom is -0.490 e. The van der Waals surface area contributed by atoms with E-state index in [0.717, 1.165) is 18.0 Å². The van der Waals surface area contributed by atoms with E-state index >= 15 is 0 Å². The fraction of sp³-hybridized carbons (Fsp3) is 0.333. The van der Waals surface area contributed by atoms with Crippen molar-refractivity contribution in [3.05, 3.63) is 60.2 Å². The van der Waals surface area contributed by atoms with E-state index in [1.165, 1.54) is 31.2 Å². The summed E-state index contributed by atoms with van der Waals surface area (Å²) >= 11 is 0. The van der Waals surface area contributed by atoms with Crippen LogP contribution in [-0.4, -0.2) is 6.10 Å². The van der Waals surface area contributed by atoms with E-state index in [1.807, 2.05) is 18.2 Å². The highest BCUT2D eigenvalue weighted by molar-refractivity contribution is 5.43. The van der Waals surface area contributed by atoms with Crippen LogP contribution < -0.4 is 10.1 Å². The van der Waals surface area contributed by atoms with Gasteiger partial charge >= 0.3 is 0 Å². The molecule has 2 aromatic carbocycles. The van der Waals surface area contributed by atoms with Gasteiger partial charge in [-0.25, -0.2) is 0 Å². The van der Waals surface area contributed by atoms with E-state index in [1.54, 1.807) is 0 Å². The predicted octanol–water partition coefficient (Wildman–Crippen LogP) is 4.62. The van der Waals surface area contributed by atoms with E-state index in [9.17, 15) is 0 Å². The molecule has 0 unspecified atom stereocenters. The molecule has 1 aliphatic rings. The molecule has 0 aliphatic heterocycles. The van der Waals surface area contributed by atoms with Crippen molar-refractivity contribution in [2.45, 2.75) is 38.3 Å². The van der Waals surface area contributed by atoms with Gasteiger partial charge in [-0.3, -0.25) is 0 Å². The zero-order valence-electron chi connectivity index (χ0n) is 11.7. The molecule has 3 rings (SSSR count).